The molecule has 8 nitrogen and oxygen atoms in total. The van der Waals surface area contributed by atoms with E-state index in [1.54, 1.807) is 43.2 Å². The first-order valence-electron chi connectivity index (χ1n) is 11.4. The van der Waals surface area contributed by atoms with Crippen molar-refractivity contribution in [1.82, 2.24) is 20.5 Å². The third-order valence-electron chi connectivity index (χ3n) is 6.52. The van der Waals surface area contributed by atoms with Crippen LogP contribution in [0.5, 0.6) is 5.75 Å². The van der Waals surface area contributed by atoms with E-state index < -0.39 is 11.4 Å². The molecule has 188 valence electrons. The topological polar surface area (TPSA) is 101 Å². The number of nitrogens with zero attached hydrogens (tertiary/aromatic N) is 2. The summed E-state index contributed by atoms with van der Waals surface area (Å²) in [5.41, 5.74) is 0.634. The van der Waals surface area contributed by atoms with E-state index in [4.69, 9.17) is 27.9 Å². The monoisotopic (exact) mass is 520 g/mol. The maximum atomic E-state index is 13.1. The minimum Gasteiger partial charge on any atom is -0.496 e. The van der Waals surface area contributed by atoms with E-state index in [2.05, 4.69) is 15.6 Å². The predicted molar refractivity (Wildman–Crippen MR) is 135 cm³/mol. The van der Waals surface area contributed by atoms with Gasteiger partial charge in [0.05, 0.1) is 22.8 Å². The fourth-order valence-electron chi connectivity index (χ4n) is 4.60. The molecule has 35 heavy (non-hydrogen) atoms. The van der Waals surface area contributed by atoms with Crippen LogP contribution in [-0.4, -0.2) is 55.4 Å². The Kier molecular flexibility index (Phi) is 8.97. The highest BCUT2D eigenvalue weighted by molar-refractivity contribution is 6.42. The van der Waals surface area contributed by atoms with Crippen LogP contribution in [0.15, 0.2) is 30.3 Å². The number of aromatic nitrogens is 1. The molecule has 0 radical (unpaired) electrons. The Morgan fingerprint density at radius 2 is 1.91 bits per heavy atom. The molecule has 3 amide bonds. The summed E-state index contributed by atoms with van der Waals surface area (Å²) in [5, 5.41) is 6.14. The fourth-order valence-corrected chi connectivity index (χ4v) is 4.92. The van der Waals surface area contributed by atoms with Crippen molar-refractivity contribution >= 4 is 41.4 Å². The van der Waals surface area contributed by atoms with E-state index >= 15 is 0 Å². The maximum absolute atomic E-state index is 13.1. The largest absolute Gasteiger partial charge is 0.496 e. The molecule has 1 saturated heterocycles. The van der Waals surface area contributed by atoms with Gasteiger partial charge < -0.3 is 20.3 Å². The Balaban J connectivity index is 1.71. The second-order valence-electron chi connectivity index (χ2n) is 8.57. The summed E-state index contributed by atoms with van der Waals surface area (Å²) in [6.45, 7) is 2.92. The number of likely N-dealkylation sites (N-methyl/N-ethyl adjacent to an activating group) is 1. The molecule has 1 aliphatic heterocycles. The zero-order valence-corrected chi connectivity index (χ0v) is 21.6. The molecule has 1 aromatic carbocycles. The van der Waals surface area contributed by atoms with Gasteiger partial charge in [-0.3, -0.25) is 19.4 Å². The molecule has 1 aromatic heterocycles. The number of carbonyl (C=O) groups is 3. The average Bonchev–Trinajstić information content (AvgIpc) is 2.87. The van der Waals surface area contributed by atoms with E-state index in [-0.39, 0.29) is 24.7 Å². The van der Waals surface area contributed by atoms with Crippen molar-refractivity contribution in [3.8, 4) is 5.75 Å². The molecule has 0 bridgehead atoms. The van der Waals surface area contributed by atoms with Crippen LogP contribution >= 0.6 is 23.2 Å². The second kappa shape index (κ2) is 11.7. The lowest BCUT2D eigenvalue weighted by Crippen LogP contribution is -2.54. The SMILES string of the molecule is CNC(=O)C(CCC(=O)N1CCC(c2cc(Cl)c(Cl)cc2OC)CC1)(NC=O)c1cccc(C)n1. The number of halogens is 2. The molecule has 3 rings (SSSR count). The van der Waals surface area contributed by atoms with Crippen molar-refractivity contribution in [2.24, 2.45) is 0 Å². The van der Waals surface area contributed by atoms with Crippen molar-refractivity contribution in [2.75, 3.05) is 27.2 Å². The molecule has 2 aromatic rings. The van der Waals surface area contributed by atoms with Gasteiger partial charge in [-0.2, -0.15) is 0 Å². The highest BCUT2D eigenvalue weighted by atomic mass is 35.5. The first-order chi connectivity index (χ1) is 16.7. The standard InChI is InChI=1S/C25H30Cl2N4O4/c1-16-5-4-6-22(30-16)25(29-15-32,24(34)28-2)10-7-23(33)31-11-8-17(9-12-31)18-13-19(26)20(27)14-21(18)35-3/h4-6,13-15,17H,7-12H2,1-3H3,(H,28,34)(H,29,32). The average molecular weight is 521 g/mol. The van der Waals surface area contributed by atoms with Gasteiger partial charge in [0.25, 0.3) is 5.91 Å². The number of hydrogen-bond acceptors (Lipinski definition) is 5. The highest BCUT2D eigenvalue weighted by Gasteiger charge is 2.41. The first kappa shape index (κ1) is 26.8. The fraction of sp³-hybridized carbons (Fsp3) is 0.440. The molecular weight excluding hydrogens is 491 g/mol. The molecule has 0 spiro atoms. The van der Waals surface area contributed by atoms with Gasteiger partial charge >= 0.3 is 0 Å². The molecule has 1 atom stereocenters. The molecule has 1 aliphatic rings. The van der Waals surface area contributed by atoms with Crippen molar-refractivity contribution in [1.29, 1.82) is 0 Å². The molecule has 2 N–H and O–H groups in total. The lowest BCUT2D eigenvalue weighted by atomic mass is 9.86. The summed E-state index contributed by atoms with van der Waals surface area (Å²) < 4.78 is 5.49. The predicted octanol–water partition coefficient (Wildman–Crippen LogP) is 3.58. The number of methoxy groups -OCH3 is 1. The van der Waals surface area contributed by atoms with Crippen LogP contribution in [0.2, 0.25) is 10.0 Å². The number of piperidine rings is 1. The quantitative estimate of drug-likeness (QED) is 0.492. The van der Waals surface area contributed by atoms with E-state index in [9.17, 15) is 14.4 Å². The number of aryl methyl sites for hydroxylation is 1. The van der Waals surface area contributed by atoms with Gasteiger partial charge in [0.1, 0.15) is 5.75 Å². The van der Waals surface area contributed by atoms with Gasteiger partial charge in [0.2, 0.25) is 12.3 Å². The zero-order chi connectivity index (χ0) is 25.6. The molecule has 1 fully saturated rings. The van der Waals surface area contributed by atoms with Crippen molar-refractivity contribution < 1.29 is 19.1 Å². The van der Waals surface area contributed by atoms with Gasteiger partial charge in [-0.1, -0.05) is 29.3 Å². The number of ether oxygens (including phenoxy) is 1. The van der Waals surface area contributed by atoms with Crippen LogP contribution in [0.25, 0.3) is 0 Å². The summed E-state index contributed by atoms with van der Waals surface area (Å²) in [6, 6.07) is 8.80. The summed E-state index contributed by atoms with van der Waals surface area (Å²) >= 11 is 12.4. The van der Waals surface area contributed by atoms with Gasteiger partial charge in [-0.15, -0.1) is 0 Å². The van der Waals surface area contributed by atoms with E-state index in [1.165, 1.54) is 7.05 Å². The minimum atomic E-state index is -1.44. The zero-order valence-electron chi connectivity index (χ0n) is 20.1. The number of likely N-dealkylation sites (tertiary alicyclic amines) is 1. The van der Waals surface area contributed by atoms with Crippen molar-refractivity contribution in [3.05, 3.63) is 57.3 Å². The van der Waals surface area contributed by atoms with Gasteiger partial charge in [0.15, 0.2) is 5.54 Å². The lowest BCUT2D eigenvalue weighted by Gasteiger charge is -2.35. The number of pyridine rings is 1. The third-order valence-corrected chi connectivity index (χ3v) is 7.24. The molecule has 10 heteroatoms. The molecular formula is C25H30Cl2N4O4. The number of benzene rings is 1. The van der Waals surface area contributed by atoms with Crippen LogP contribution in [0.4, 0.5) is 0 Å². The number of rotatable bonds is 9. The smallest absolute Gasteiger partial charge is 0.251 e. The van der Waals surface area contributed by atoms with E-state index in [0.717, 1.165) is 18.4 Å². The van der Waals surface area contributed by atoms with Gasteiger partial charge in [-0.05, 0) is 55.9 Å². The summed E-state index contributed by atoms with van der Waals surface area (Å²) in [5.74, 6) is 0.353. The summed E-state index contributed by atoms with van der Waals surface area (Å²) in [7, 11) is 3.08. The lowest BCUT2D eigenvalue weighted by molar-refractivity contribution is -0.135. The molecule has 1 unspecified atom stereocenters. The highest BCUT2D eigenvalue weighted by Crippen LogP contribution is 2.39. The van der Waals surface area contributed by atoms with Crippen LogP contribution in [0, 0.1) is 6.92 Å². The minimum absolute atomic E-state index is 0.0741. The van der Waals surface area contributed by atoms with Crippen LogP contribution in [-0.2, 0) is 19.9 Å². The third kappa shape index (κ3) is 5.87. The summed E-state index contributed by atoms with van der Waals surface area (Å²) in [6.07, 6.45) is 2.12. The van der Waals surface area contributed by atoms with Crippen LogP contribution in [0.1, 0.15) is 48.6 Å². The first-order valence-corrected chi connectivity index (χ1v) is 12.2. The van der Waals surface area contributed by atoms with Crippen molar-refractivity contribution in [3.63, 3.8) is 0 Å². The second-order valence-corrected chi connectivity index (χ2v) is 9.39. The normalized spacial score (nSPS) is 15.7. The molecule has 0 saturated carbocycles. The van der Waals surface area contributed by atoms with Gasteiger partial charge in [-0.25, -0.2) is 0 Å². The maximum Gasteiger partial charge on any atom is 0.251 e. The van der Waals surface area contributed by atoms with E-state index in [1.807, 2.05) is 6.07 Å². The Bertz CT molecular complexity index is 1090. The summed E-state index contributed by atoms with van der Waals surface area (Å²) in [4.78, 5) is 43.7. The Hall–Kier alpha value is -2.84. The van der Waals surface area contributed by atoms with Crippen LogP contribution < -0.4 is 15.4 Å². The number of nitrogens with one attached hydrogen (secondary N) is 2. The van der Waals surface area contributed by atoms with Crippen molar-refractivity contribution in [2.45, 2.75) is 44.1 Å². The number of amides is 3. The Labute approximate surface area is 215 Å². The Morgan fingerprint density at radius 3 is 2.51 bits per heavy atom. The molecule has 2 heterocycles. The number of hydrogen-bond donors (Lipinski definition) is 2. The number of carbonyl (C=O) groups excluding carboxylic acids is 3. The van der Waals surface area contributed by atoms with Crippen LogP contribution in [0.3, 0.4) is 0 Å². The van der Waals surface area contributed by atoms with E-state index in [0.29, 0.717) is 46.7 Å². The van der Waals surface area contributed by atoms with Gasteiger partial charge in [0, 0.05) is 38.3 Å². The Morgan fingerprint density at radius 1 is 1.23 bits per heavy atom. The molecule has 0 aliphatic carbocycles.